The van der Waals surface area contributed by atoms with Gasteiger partial charge in [-0.3, -0.25) is 4.79 Å². The summed E-state index contributed by atoms with van der Waals surface area (Å²) in [4.78, 5) is 16.7. The highest BCUT2D eigenvalue weighted by molar-refractivity contribution is 6.30. The van der Waals surface area contributed by atoms with Gasteiger partial charge in [-0.1, -0.05) is 23.7 Å². The summed E-state index contributed by atoms with van der Waals surface area (Å²) in [5, 5.41) is 15.6. The first-order chi connectivity index (χ1) is 13.1. The van der Waals surface area contributed by atoms with Gasteiger partial charge in [0.15, 0.2) is 0 Å². The molecule has 27 heavy (non-hydrogen) atoms. The number of hydrogen-bond acceptors (Lipinski definition) is 4. The maximum atomic E-state index is 12.4. The number of anilines is 2. The summed E-state index contributed by atoms with van der Waals surface area (Å²) in [5.41, 5.74) is 2.85. The van der Waals surface area contributed by atoms with Crippen molar-refractivity contribution in [1.29, 1.82) is 5.26 Å². The second kappa shape index (κ2) is 8.84. The van der Waals surface area contributed by atoms with Gasteiger partial charge < -0.3 is 10.6 Å². The van der Waals surface area contributed by atoms with E-state index in [1.165, 1.54) is 5.56 Å². The smallest absolute Gasteiger partial charge is 0.255 e. The van der Waals surface area contributed by atoms with Crippen molar-refractivity contribution in [3.63, 3.8) is 0 Å². The number of amides is 1. The Hall–Kier alpha value is -3.36. The average Bonchev–Trinajstić information content (AvgIpc) is 2.70. The molecule has 134 valence electrons. The first-order valence-electron chi connectivity index (χ1n) is 8.40. The number of rotatable bonds is 6. The third-order valence-electron chi connectivity index (χ3n) is 3.93. The largest absolute Gasteiger partial charge is 0.370 e. The van der Waals surface area contributed by atoms with Crippen LogP contribution in [0.1, 0.15) is 21.5 Å². The highest BCUT2D eigenvalue weighted by Gasteiger charge is 2.07. The van der Waals surface area contributed by atoms with Gasteiger partial charge in [0.2, 0.25) is 0 Å². The van der Waals surface area contributed by atoms with Gasteiger partial charge in [0, 0.05) is 29.0 Å². The first kappa shape index (κ1) is 18.4. The van der Waals surface area contributed by atoms with Crippen molar-refractivity contribution in [2.24, 2.45) is 0 Å². The summed E-state index contributed by atoms with van der Waals surface area (Å²) in [5.74, 6) is 0.402. The molecule has 2 N–H and O–H groups in total. The first-order valence-corrected chi connectivity index (χ1v) is 8.78. The van der Waals surface area contributed by atoms with Gasteiger partial charge in [-0.25, -0.2) is 4.98 Å². The van der Waals surface area contributed by atoms with Crippen molar-refractivity contribution in [2.75, 3.05) is 17.2 Å². The average molecular weight is 377 g/mol. The summed E-state index contributed by atoms with van der Waals surface area (Å²) in [7, 11) is 0. The zero-order valence-corrected chi connectivity index (χ0v) is 15.2. The molecule has 0 aliphatic rings. The van der Waals surface area contributed by atoms with E-state index in [0.717, 1.165) is 6.42 Å². The van der Waals surface area contributed by atoms with E-state index in [4.69, 9.17) is 16.9 Å². The SMILES string of the molecule is N#Cc1ccc(NC(=O)c2ccnc(NCCc3ccc(Cl)cc3)c2)cc1. The topological polar surface area (TPSA) is 77.8 Å². The van der Waals surface area contributed by atoms with Gasteiger partial charge in [-0.05, 0) is 60.5 Å². The highest BCUT2D eigenvalue weighted by Crippen LogP contribution is 2.13. The molecule has 1 aromatic heterocycles. The number of nitrogens with zero attached hydrogens (tertiary/aromatic N) is 2. The maximum Gasteiger partial charge on any atom is 0.255 e. The van der Waals surface area contributed by atoms with E-state index < -0.39 is 0 Å². The predicted molar refractivity (Wildman–Crippen MR) is 107 cm³/mol. The fourth-order valence-electron chi connectivity index (χ4n) is 2.49. The lowest BCUT2D eigenvalue weighted by Crippen LogP contribution is -2.13. The Morgan fingerprint density at radius 2 is 1.81 bits per heavy atom. The van der Waals surface area contributed by atoms with Gasteiger partial charge in [-0.2, -0.15) is 5.26 Å². The number of nitriles is 1. The second-order valence-electron chi connectivity index (χ2n) is 5.88. The molecule has 3 rings (SSSR count). The Morgan fingerprint density at radius 1 is 1.07 bits per heavy atom. The second-order valence-corrected chi connectivity index (χ2v) is 6.31. The number of halogens is 1. The zero-order chi connectivity index (χ0) is 19.1. The molecule has 0 radical (unpaired) electrons. The van der Waals surface area contributed by atoms with Crippen molar-refractivity contribution in [1.82, 2.24) is 4.98 Å². The minimum absolute atomic E-state index is 0.233. The van der Waals surface area contributed by atoms with Crippen LogP contribution >= 0.6 is 11.6 Å². The van der Waals surface area contributed by atoms with Crippen LogP contribution in [0.5, 0.6) is 0 Å². The number of pyridine rings is 1. The van der Waals surface area contributed by atoms with Crippen molar-refractivity contribution in [3.8, 4) is 6.07 Å². The van der Waals surface area contributed by atoms with Crippen LogP contribution < -0.4 is 10.6 Å². The van der Waals surface area contributed by atoms with E-state index in [9.17, 15) is 4.79 Å². The van der Waals surface area contributed by atoms with E-state index in [0.29, 0.717) is 34.2 Å². The molecular weight excluding hydrogens is 360 g/mol. The molecule has 3 aromatic rings. The van der Waals surface area contributed by atoms with Crippen LogP contribution in [0, 0.1) is 11.3 Å². The van der Waals surface area contributed by atoms with E-state index in [2.05, 4.69) is 15.6 Å². The summed E-state index contributed by atoms with van der Waals surface area (Å²) in [6.07, 6.45) is 2.42. The number of nitrogens with one attached hydrogen (secondary N) is 2. The van der Waals surface area contributed by atoms with Crippen LogP contribution in [-0.2, 0) is 6.42 Å². The van der Waals surface area contributed by atoms with Crippen LogP contribution in [0.15, 0.2) is 66.9 Å². The molecule has 1 heterocycles. The Bertz CT molecular complexity index is 963. The summed E-state index contributed by atoms with van der Waals surface area (Å²) >= 11 is 5.88. The molecule has 6 heteroatoms. The minimum Gasteiger partial charge on any atom is -0.370 e. The van der Waals surface area contributed by atoms with Crippen LogP contribution in [0.2, 0.25) is 5.02 Å². The monoisotopic (exact) mass is 376 g/mol. The van der Waals surface area contributed by atoms with Crippen molar-refractivity contribution < 1.29 is 4.79 Å². The Balaban J connectivity index is 1.58. The lowest BCUT2D eigenvalue weighted by molar-refractivity contribution is 0.102. The quantitative estimate of drug-likeness (QED) is 0.663. The molecule has 5 nitrogen and oxygen atoms in total. The fraction of sp³-hybridized carbons (Fsp3) is 0.0952. The fourth-order valence-corrected chi connectivity index (χ4v) is 2.61. The number of carbonyl (C=O) groups is 1. The predicted octanol–water partition coefficient (Wildman–Crippen LogP) is 4.51. The van der Waals surface area contributed by atoms with Crippen molar-refractivity contribution in [3.05, 3.63) is 88.6 Å². The van der Waals surface area contributed by atoms with Gasteiger partial charge in [0.1, 0.15) is 5.82 Å². The molecule has 0 atom stereocenters. The Labute approximate surface area is 162 Å². The molecule has 0 unspecified atom stereocenters. The number of aromatic nitrogens is 1. The molecule has 0 aliphatic heterocycles. The van der Waals surface area contributed by atoms with Gasteiger partial charge >= 0.3 is 0 Å². The molecule has 0 saturated carbocycles. The van der Waals surface area contributed by atoms with E-state index in [1.807, 2.05) is 30.3 Å². The molecule has 2 aromatic carbocycles. The maximum absolute atomic E-state index is 12.4. The van der Waals surface area contributed by atoms with Crippen molar-refractivity contribution in [2.45, 2.75) is 6.42 Å². The van der Waals surface area contributed by atoms with Gasteiger partial charge in [0.05, 0.1) is 11.6 Å². The van der Waals surface area contributed by atoms with E-state index >= 15 is 0 Å². The molecule has 0 bridgehead atoms. The third-order valence-corrected chi connectivity index (χ3v) is 4.18. The summed E-state index contributed by atoms with van der Waals surface area (Å²) < 4.78 is 0. The standard InChI is InChI=1S/C21H17ClN4O/c22-18-5-1-15(2-6-18)9-11-24-20-13-17(10-12-25-20)21(27)26-19-7-3-16(14-23)4-8-19/h1-8,10,12-13H,9,11H2,(H,24,25)(H,26,27). The summed E-state index contributed by atoms with van der Waals surface area (Å²) in [6.45, 7) is 0.690. The molecular formula is C21H17ClN4O. The number of benzene rings is 2. The molecule has 1 amide bonds. The van der Waals surface area contributed by atoms with E-state index in [-0.39, 0.29) is 5.91 Å². The molecule has 0 fully saturated rings. The van der Waals surface area contributed by atoms with Gasteiger partial charge in [-0.15, -0.1) is 0 Å². The third kappa shape index (κ3) is 5.30. The minimum atomic E-state index is -0.233. The zero-order valence-electron chi connectivity index (χ0n) is 14.4. The Morgan fingerprint density at radius 3 is 2.52 bits per heavy atom. The van der Waals surface area contributed by atoms with E-state index in [1.54, 1.807) is 42.6 Å². The van der Waals surface area contributed by atoms with Gasteiger partial charge in [0.25, 0.3) is 5.91 Å². The lowest BCUT2D eigenvalue weighted by atomic mass is 10.1. The number of hydrogen-bond donors (Lipinski definition) is 2. The van der Waals surface area contributed by atoms with Crippen LogP contribution in [0.25, 0.3) is 0 Å². The lowest BCUT2D eigenvalue weighted by Gasteiger charge is -2.09. The normalized spacial score (nSPS) is 10.1. The van der Waals surface area contributed by atoms with Crippen LogP contribution in [0.3, 0.4) is 0 Å². The highest BCUT2D eigenvalue weighted by atomic mass is 35.5. The number of carbonyl (C=O) groups excluding carboxylic acids is 1. The van der Waals surface area contributed by atoms with Crippen LogP contribution in [-0.4, -0.2) is 17.4 Å². The molecule has 0 aliphatic carbocycles. The summed E-state index contributed by atoms with van der Waals surface area (Å²) in [6, 6.07) is 19.8. The Kier molecular flexibility index (Phi) is 6.03. The molecule has 0 saturated heterocycles. The molecule has 0 spiro atoms. The van der Waals surface area contributed by atoms with Crippen LogP contribution in [0.4, 0.5) is 11.5 Å². The van der Waals surface area contributed by atoms with Crippen molar-refractivity contribution >= 4 is 29.0 Å².